The molecule has 1 amide bonds. The fourth-order valence-electron chi connectivity index (χ4n) is 3.43. The second-order valence-electron chi connectivity index (χ2n) is 7.29. The third-order valence-corrected chi connectivity index (χ3v) is 6.79. The molecule has 28 heavy (non-hydrogen) atoms. The summed E-state index contributed by atoms with van der Waals surface area (Å²) >= 11 is 0. The van der Waals surface area contributed by atoms with Crippen LogP contribution in [0.15, 0.2) is 71.6 Å². The van der Waals surface area contributed by atoms with E-state index in [1.807, 2.05) is 42.2 Å². The van der Waals surface area contributed by atoms with E-state index in [0.717, 1.165) is 31.5 Å². The summed E-state index contributed by atoms with van der Waals surface area (Å²) in [7, 11) is -3.31. The molecule has 1 aliphatic rings. The second-order valence-corrected chi connectivity index (χ2v) is 9.32. The van der Waals surface area contributed by atoms with Crippen LogP contribution < -0.4 is 0 Å². The van der Waals surface area contributed by atoms with Gasteiger partial charge in [0.05, 0.1) is 10.6 Å². The van der Waals surface area contributed by atoms with Gasteiger partial charge < -0.3 is 4.90 Å². The van der Waals surface area contributed by atoms with Crippen LogP contribution in [0.25, 0.3) is 0 Å². The third-order valence-electron chi connectivity index (χ3n) is 5.17. The van der Waals surface area contributed by atoms with E-state index >= 15 is 0 Å². The fourth-order valence-corrected chi connectivity index (χ4v) is 4.56. The van der Waals surface area contributed by atoms with E-state index in [1.165, 1.54) is 6.42 Å². The first-order valence-electron chi connectivity index (χ1n) is 9.81. The van der Waals surface area contributed by atoms with Crippen LogP contribution in [0.1, 0.15) is 48.0 Å². The lowest BCUT2D eigenvalue weighted by Gasteiger charge is -2.26. The molecule has 1 saturated heterocycles. The number of sulfone groups is 1. The van der Waals surface area contributed by atoms with Gasteiger partial charge in [-0.2, -0.15) is 0 Å². The Labute approximate surface area is 167 Å². The normalized spacial score (nSPS) is 16.2. The highest BCUT2D eigenvalue weighted by molar-refractivity contribution is 7.91. The average molecular weight is 398 g/mol. The molecule has 1 aliphatic heterocycles. The number of rotatable bonds is 6. The molecule has 0 saturated carbocycles. The number of carbonyl (C=O) groups is 1. The van der Waals surface area contributed by atoms with Gasteiger partial charge in [-0.05, 0) is 55.0 Å². The minimum Gasteiger partial charge on any atom is -0.339 e. The van der Waals surface area contributed by atoms with Crippen LogP contribution in [0.2, 0.25) is 0 Å². The lowest BCUT2D eigenvalue weighted by Crippen LogP contribution is -2.35. The number of amides is 1. The third kappa shape index (κ3) is 5.10. The summed E-state index contributed by atoms with van der Waals surface area (Å²) in [5, 5.41) is 0. The van der Waals surface area contributed by atoms with Gasteiger partial charge in [0.15, 0.2) is 9.84 Å². The molecule has 0 radical (unpaired) electrons. The van der Waals surface area contributed by atoms with E-state index in [1.54, 1.807) is 36.4 Å². The molecule has 3 rings (SSSR count). The standard InChI is InChI=1S/C23H27NO3S/c1-19(9-8-18-28(26,27)22-10-4-2-5-11-22)20-12-14-21(15-13-20)23(25)24-16-6-3-7-17-24/h2,4-5,8-15,19H,3,6-7,16-18H2,1H3/b9-8-. The molecule has 148 valence electrons. The largest absolute Gasteiger partial charge is 0.339 e. The lowest BCUT2D eigenvalue weighted by molar-refractivity contribution is 0.0724. The molecule has 1 fully saturated rings. The van der Waals surface area contributed by atoms with Gasteiger partial charge in [0.2, 0.25) is 0 Å². The molecule has 0 aromatic heterocycles. The van der Waals surface area contributed by atoms with Crippen molar-refractivity contribution in [1.29, 1.82) is 0 Å². The van der Waals surface area contributed by atoms with Crippen molar-refractivity contribution < 1.29 is 13.2 Å². The molecule has 5 heteroatoms. The number of carbonyl (C=O) groups excluding carboxylic acids is 1. The van der Waals surface area contributed by atoms with E-state index in [2.05, 4.69) is 0 Å². The summed E-state index contributed by atoms with van der Waals surface area (Å²) < 4.78 is 24.7. The van der Waals surface area contributed by atoms with Gasteiger partial charge in [0.25, 0.3) is 5.91 Å². The summed E-state index contributed by atoms with van der Waals surface area (Å²) in [4.78, 5) is 14.8. The maximum absolute atomic E-state index is 12.5. The van der Waals surface area contributed by atoms with Crippen molar-refractivity contribution in [1.82, 2.24) is 4.90 Å². The second kappa shape index (κ2) is 9.20. The van der Waals surface area contributed by atoms with E-state index in [4.69, 9.17) is 0 Å². The van der Waals surface area contributed by atoms with Crippen LogP contribution in [-0.2, 0) is 9.84 Å². The molecule has 1 atom stereocenters. The van der Waals surface area contributed by atoms with Crippen molar-refractivity contribution in [2.75, 3.05) is 18.8 Å². The Balaban J connectivity index is 1.60. The van der Waals surface area contributed by atoms with Crippen LogP contribution in [0.5, 0.6) is 0 Å². The Kier molecular flexibility index (Phi) is 6.68. The smallest absolute Gasteiger partial charge is 0.253 e. The van der Waals surface area contributed by atoms with Gasteiger partial charge in [0.1, 0.15) is 0 Å². The SMILES string of the molecule is CC(/C=C\CS(=O)(=O)c1ccccc1)c1ccc(C(=O)N2CCCCC2)cc1. The maximum Gasteiger partial charge on any atom is 0.253 e. The number of hydrogen-bond acceptors (Lipinski definition) is 3. The average Bonchev–Trinajstić information content (AvgIpc) is 2.74. The Morgan fingerprint density at radius 1 is 1.00 bits per heavy atom. The number of allylic oxidation sites excluding steroid dienone is 1. The predicted molar refractivity (Wildman–Crippen MR) is 112 cm³/mol. The van der Waals surface area contributed by atoms with E-state index in [9.17, 15) is 13.2 Å². The minimum absolute atomic E-state index is 0.0209. The van der Waals surface area contributed by atoms with Crippen molar-refractivity contribution in [3.05, 3.63) is 77.9 Å². The molecule has 1 unspecified atom stereocenters. The molecule has 0 bridgehead atoms. The number of benzene rings is 2. The van der Waals surface area contributed by atoms with Crippen molar-refractivity contribution >= 4 is 15.7 Å². The first-order chi connectivity index (χ1) is 13.5. The number of hydrogen-bond donors (Lipinski definition) is 0. The highest BCUT2D eigenvalue weighted by atomic mass is 32.2. The first-order valence-corrected chi connectivity index (χ1v) is 11.5. The zero-order valence-corrected chi connectivity index (χ0v) is 17.1. The topological polar surface area (TPSA) is 54.5 Å². The Hall–Kier alpha value is -2.40. The van der Waals surface area contributed by atoms with Crippen molar-refractivity contribution in [2.24, 2.45) is 0 Å². The van der Waals surface area contributed by atoms with Gasteiger partial charge in [-0.1, -0.05) is 49.4 Å². The van der Waals surface area contributed by atoms with Crippen LogP contribution >= 0.6 is 0 Å². The van der Waals surface area contributed by atoms with E-state index < -0.39 is 9.84 Å². The zero-order chi connectivity index (χ0) is 20.0. The van der Waals surface area contributed by atoms with E-state index in [0.29, 0.717) is 10.5 Å². The Morgan fingerprint density at radius 3 is 2.29 bits per heavy atom. The molecular formula is C23H27NO3S. The van der Waals surface area contributed by atoms with Gasteiger partial charge in [-0.3, -0.25) is 4.79 Å². The van der Waals surface area contributed by atoms with Crippen molar-refractivity contribution in [3.63, 3.8) is 0 Å². The highest BCUT2D eigenvalue weighted by Crippen LogP contribution is 2.20. The number of piperidine rings is 1. The molecule has 2 aromatic rings. The van der Waals surface area contributed by atoms with Crippen LogP contribution in [-0.4, -0.2) is 38.1 Å². The summed E-state index contributed by atoms with van der Waals surface area (Å²) in [5.74, 6) is 0.154. The predicted octanol–water partition coefficient (Wildman–Crippen LogP) is 4.45. The molecule has 4 nitrogen and oxygen atoms in total. The molecular weight excluding hydrogens is 370 g/mol. The Bertz CT molecular complexity index is 912. The van der Waals surface area contributed by atoms with Gasteiger partial charge in [-0.15, -0.1) is 0 Å². The van der Waals surface area contributed by atoms with Gasteiger partial charge in [0, 0.05) is 18.7 Å². The van der Waals surface area contributed by atoms with Crippen molar-refractivity contribution in [3.8, 4) is 0 Å². The minimum atomic E-state index is -3.31. The van der Waals surface area contributed by atoms with Gasteiger partial charge >= 0.3 is 0 Å². The monoisotopic (exact) mass is 397 g/mol. The molecule has 0 spiro atoms. The lowest BCUT2D eigenvalue weighted by atomic mass is 9.99. The van der Waals surface area contributed by atoms with Crippen LogP contribution in [0, 0.1) is 0 Å². The molecule has 0 aliphatic carbocycles. The first kappa shape index (κ1) is 20.3. The number of likely N-dealkylation sites (tertiary alicyclic amines) is 1. The summed E-state index contributed by atoms with van der Waals surface area (Å²) in [6.07, 6.45) is 6.98. The van der Waals surface area contributed by atoms with Crippen LogP contribution in [0.4, 0.5) is 0 Å². The van der Waals surface area contributed by atoms with Crippen molar-refractivity contribution in [2.45, 2.75) is 37.0 Å². The maximum atomic E-state index is 12.5. The summed E-state index contributed by atoms with van der Waals surface area (Å²) in [6, 6.07) is 16.1. The molecule has 0 N–H and O–H groups in total. The van der Waals surface area contributed by atoms with Crippen LogP contribution in [0.3, 0.4) is 0 Å². The fraction of sp³-hybridized carbons (Fsp3) is 0.348. The van der Waals surface area contributed by atoms with E-state index in [-0.39, 0.29) is 17.6 Å². The molecule has 1 heterocycles. The summed E-state index contributed by atoms with van der Waals surface area (Å²) in [6.45, 7) is 3.71. The highest BCUT2D eigenvalue weighted by Gasteiger charge is 2.18. The quantitative estimate of drug-likeness (QED) is 0.677. The molecule has 2 aromatic carbocycles. The number of nitrogens with zero attached hydrogens (tertiary/aromatic N) is 1. The zero-order valence-electron chi connectivity index (χ0n) is 16.3. The summed E-state index contributed by atoms with van der Waals surface area (Å²) in [5.41, 5.74) is 1.78. The Morgan fingerprint density at radius 2 is 1.64 bits per heavy atom. The van der Waals surface area contributed by atoms with Gasteiger partial charge in [-0.25, -0.2) is 8.42 Å².